The van der Waals surface area contributed by atoms with E-state index < -0.39 is 52.8 Å². The molecule has 3 atom stereocenters. The van der Waals surface area contributed by atoms with Gasteiger partial charge in [-0.15, -0.1) is 11.8 Å². The average Bonchev–Trinajstić information content (AvgIpc) is 3.84. The molecule has 4 amide bonds. The van der Waals surface area contributed by atoms with Gasteiger partial charge in [-0.05, 0) is 68.9 Å². The topological polar surface area (TPSA) is 261 Å². The number of nitrogens with zero attached hydrogens (tertiary/aromatic N) is 7. The van der Waals surface area contributed by atoms with E-state index in [1.807, 2.05) is 21.3 Å². The van der Waals surface area contributed by atoms with E-state index in [2.05, 4.69) is 30.1 Å². The van der Waals surface area contributed by atoms with Gasteiger partial charge < -0.3 is 57.4 Å². The second kappa shape index (κ2) is 19.6. The predicted octanol–water partition coefficient (Wildman–Crippen LogP) is -1.42. The highest BCUT2D eigenvalue weighted by Crippen LogP contribution is 2.41. The van der Waals surface area contributed by atoms with Gasteiger partial charge in [0, 0.05) is 29.4 Å². The number of ether oxygens (including phenoxy) is 3. The number of fused-ring (bicyclic) bond motifs is 2. The lowest BCUT2D eigenvalue weighted by molar-refractivity contribution is -0.664. The Labute approximate surface area is 362 Å². The van der Waals surface area contributed by atoms with Gasteiger partial charge in [0.1, 0.15) is 53.7 Å². The van der Waals surface area contributed by atoms with Gasteiger partial charge in [-0.3, -0.25) is 24.6 Å². The molecule has 1 fully saturated rings. The molecule has 1 saturated heterocycles. The number of imidazole rings is 1. The molecule has 2 aliphatic heterocycles. The van der Waals surface area contributed by atoms with Crippen molar-refractivity contribution in [3.63, 3.8) is 0 Å². The van der Waals surface area contributed by atoms with Crippen LogP contribution in [0.4, 0.5) is 9.93 Å². The Balaban J connectivity index is 0.00000683. The molecule has 0 spiro atoms. The summed E-state index contributed by atoms with van der Waals surface area (Å²) in [4.78, 5) is 80.9. The van der Waals surface area contributed by atoms with Crippen LogP contribution >= 0.6 is 23.3 Å². The number of primary amides is 1. The Morgan fingerprint density at radius 1 is 1.15 bits per heavy atom. The number of aryl methyl sites for hydroxylation is 1. The van der Waals surface area contributed by atoms with Crippen molar-refractivity contribution in [3.8, 4) is 5.75 Å². The minimum absolute atomic E-state index is 0. The van der Waals surface area contributed by atoms with Crippen molar-refractivity contribution in [3.05, 3.63) is 71.6 Å². The summed E-state index contributed by atoms with van der Waals surface area (Å²) in [5, 5.41) is 8.45. The molecule has 0 saturated carbocycles. The molecule has 320 valence electrons. The highest BCUT2D eigenvalue weighted by Gasteiger charge is 2.55. The quantitative estimate of drug-likeness (QED) is 0.0331. The largest absolute Gasteiger partial charge is 1.00 e. The van der Waals surface area contributed by atoms with Crippen molar-refractivity contribution in [2.75, 3.05) is 24.8 Å². The van der Waals surface area contributed by atoms with E-state index in [9.17, 15) is 24.0 Å². The fourth-order valence-corrected chi connectivity index (χ4v) is 7.92. The Morgan fingerprint density at radius 2 is 1.90 bits per heavy atom. The third kappa shape index (κ3) is 10.6. The van der Waals surface area contributed by atoms with Gasteiger partial charge in [-0.2, -0.15) is 9.36 Å². The molecule has 6 rings (SSSR count). The maximum absolute atomic E-state index is 14.0. The Bertz CT molecular complexity index is 2310. The van der Waals surface area contributed by atoms with Gasteiger partial charge >= 0.3 is 17.7 Å². The molecule has 0 aliphatic carbocycles. The van der Waals surface area contributed by atoms with Crippen LogP contribution in [-0.4, -0.2) is 102 Å². The summed E-state index contributed by atoms with van der Waals surface area (Å²) in [5.41, 5.74) is 12.8. The second-order valence-electron chi connectivity index (χ2n) is 14.2. The zero-order valence-corrected chi connectivity index (χ0v) is 36.5. The van der Waals surface area contributed by atoms with Crippen molar-refractivity contribution in [1.82, 2.24) is 29.1 Å². The van der Waals surface area contributed by atoms with Gasteiger partial charge in [0.15, 0.2) is 0 Å². The molecule has 60 heavy (non-hydrogen) atoms. The number of anilines is 1. The van der Waals surface area contributed by atoms with Crippen molar-refractivity contribution in [2.45, 2.75) is 76.9 Å². The smallest absolute Gasteiger partial charge is 0.414 e. The van der Waals surface area contributed by atoms with Crippen LogP contribution in [0.5, 0.6) is 5.75 Å². The summed E-state index contributed by atoms with van der Waals surface area (Å²) in [6.45, 7) is 7.39. The normalized spacial score (nSPS) is 16.9. The van der Waals surface area contributed by atoms with E-state index in [4.69, 9.17) is 30.5 Å². The van der Waals surface area contributed by atoms with Crippen LogP contribution in [0, 0.1) is 0 Å². The number of aromatic nitrogens is 5. The van der Waals surface area contributed by atoms with Gasteiger partial charge in [-0.25, -0.2) is 14.2 Å². The number of hydrogen-bond donors (Lipinski definition) is 4. The van der Waals surface area contributed by atoms with E-state index in [1.165, 1.54) is 16.7 Å². The van der Waals surface area contributed by atoms with E-state index >= 15 is 0 Å². The molecule has 0 radical (unpaired) electrons. The number of nitrogens with two attached hydrogens (primary N) is 2. The molecule has 2 aliphatic rings. The van der Waals surface area contributed by atoms with Gasteiger partial charge in [-0.1, -0.05) is 17.3 Å². The summed E-state index contributed by atoms with van der Waals surface area (Å²) in [7, 11) is 1.55. The first-order chi connectivity index (χ1) is 28.2. The summed E-state index contributed by atoms with van der Waals surface area (Å²) in [6, 6.07) is 8.82. The van der Waals surface area contributed by atoms with Crippen LogP contribution in [0.15, 0.2) is 65.3 Å². The van der Waals surface area contributed by atoms with Gasteiger partial charge in [0.2, 0.25) is 28.9 Å². The molecule has 4 aromatic rings. The molecule has 2 unspecified atom stereocenters. The monoisotopic (exact) mass is 929 g/mol. The highest BCUT2D eigenvalue weighted by molar-refractivity contribution is 8.00. The summed E-state index contributed by atoms with van der Waals surface area (Å²) in [5.74, 6) is -1.92. The number of pyridine rings is 1. The van der Waals surface area contributed by atoms with Crippen molar-refractivity contribution in [1.29, 1.82) is 0 Å². The molecule has 1 aromatic carbocycles. The average molecular weight is 931 g/mol. The molecule has 3 aromatic heterocycles. The van der Waals surface area contributed by atoms with Gasteiger partial charge in [0.25, 0.3) is 11.8 Å². The number of methoxy groups -OCH3 is 1. The number of rotatable bonds is 16. The van der Waals surface area contributed by atoms with Crippen LogP contribution in [0.3, 0.4) is 0 Å². The van der Waals surface area contributed by atoms with Crippen molar-refractivity contribution >= 4 is 75.1 Å². The van der Waals surface area contributed by atoms with E-state index in [0.29, 0.717) is 41.3 Å². The number of benzene rings is 1. The van der Waals surface area contributed by atoms with E-state index in [0.717, 1.165) is 17.0 Å². The van der Waals surface area contributed by atoms with Crippen LogP contribution in [0.25, 0.3) is 11.2 Å². The lowest BCUT2D eigenvalue weighted by Crippen LogP contribution is -3.00. The molecular weight excluding hydrogens is 887 g/mol. The number of oxime groups is 1. The van der Waals surface area contributed by atoms with Crippen molar-refractivity contribution < 1.29 is 64.6 Å². The standard InChI is InChI=1S/C37H43N11O9S2.BrH/c1-6-56-44-25(29-42-35(59-45-29)43-36(53)57-37(2,3)4)31(50)41-26-32(51)48-27(34(52)55-17-20-9-11-22(54-5)12-10-20)21(18-58-33(26)48)16-46-14-7-8-24-30(46)40-19-47(24)15-13-23(38)28(39)49;/h7-12,14,19,23,26,33H,6,13,15-18,38H2,1-5H3,(H3-,39,41,42,43,45,49,50,53);1H/b44-25-;/t23-,26?,33?;/m0./s1. The number of β-lactam (4-membered cyclic amide) rings is 1. The zero-order valence-electron chi connectivity index (χ0n) is 33.2. The van der Waals surface area contributed by atoms with Crippen LogP contribution in [0.2, 0.25) is 0 Å². The number of thioether (sulfide) groups is 1. The summed E-state index contributed by atoms with van der Waals surface area (Å²) in [6.07, 6.45) is 2.98. The Kier molecular flexibility index (Phi) is 14.8. The molecule has 6 N–H and O–H groups in total. The van der Waals surface area contributed by atoms with E-state index in [-0.39, 0.29) is 59.1 Å². The fraction of sp³-hybridized carbons (Fsp3) is 0.405. The number of esters is 1. The summed E-state index contributed by atoms with van der Waals surface area (Å²) >= 11 is 2.15. The third-order valence-electron chi connectivity index (χ3n) is 8.86. The van der Waals surface area contributed by atoms with Gasteiger partial charge in [0.05, 0.1) is 19.3 Å². The molecule has 5 heterocycles. The lowest BCUT2D eigenvalue weighted by atomic mass is 10.0. The molecule has 20 nitrogen and oxygen atoms in total. The highest BCUT2D eigenvalue weighted by atomic mass is 79.9. The van der Waals surface area contributed by atoms with Crippen LogP contribution in [0.1, 0.15) is 45.5 Å². The minimum Gasteiger partial charge on any atom is -1.00 e. The zero-order chi connectivity index (χ0) is 42.4. The fourth-order valence-electron chi connectivity index (χ4n) is 6.03. The number of halogens is 1. The maximum atomic E-state index is 14.0. The SMILES string of the molecule is CCO/N=C(\C(=O)NC1C(=O)N2C(C(=O)OCc3ccc(OC)cc3)=C(C[n+]3cccc4c3ncn4CC[C@H](N)C(N)=O)CSC12)c1nsc(NC(=O)OC(C)(C)C)n1.[Br-]. The van der Waals surface area contributed by atoms with Crippen LogP contribution in [-0.2, 0) is 53.2 Å². The number of nitrogens with one attached hydrogen (secondary N) is 2. The second-order valence-corrected chi connectivity index (χ2v) is 16.1. The van der Waals surface area contributed by atoms with Crippen molar-refractivity contribution in [2.24, 2.45) is 16.6 Å². The number of hydrogen-bond acceptors (Lipinski definition) is 16. The predicted molar refractivity (Wildman–Crippen MR) is 214 cm³/mol. The Morgan fingerprint density at radius 3 is 2.58 bits per heavy atom. The van der Waals surface area contributed by atoms with E-state index in [1.54, 1.807) is 71.6 Å². The molecule has 0 bridgehead atoms. The number of carbonyl (C=O) groups is 5. The third-order valence-corrected chi connectivity index (χ3v) is 10.8. The lowest BCUT2D eigenvalue weighted by Gasteiger charge is -2.49. The first-order valence-electron chi connectivity index (χ1n) is 18.4. The number of amides is 4. The number of carbonyl (C=O) groups excluding carboxylic acids is 5. The maximum Gasteiger partial charge on any atom is 0.414 e. The molecular formula is C37H44BrN11O9S2. The first kappa shape index (κ1) is 45.4. The van der Waals surface area contributed by atoms with Crippen LogP contribution < -0.4 is 48.4 Å². The molecule has 23 heteroatoms. The Hall–Kier alpha value is -5.65. The minimum atomic E-state index is -1.07. The summed E-state index contributed by atoms with van der Waals surface area (Å²) < 4.78 is 24.1. The first-order valence-corrected chi connectivity index (χ1v) is 20.2.